The average molecular weight is 386 g/mol. The molecule has 3 N–H and O–H groups in total. The SMILES string of the molecule is Cc1ccc(N2CC(C(=O)NCCCN3CCCC(C(N)=O)C3)CC2=O)cc1. The van der Waals surface area contributed by atoms with E-state index in [9.17, 15) is 14.4 Å². The third kappa shape index (κ3) is 5.10. The maximum absolute atomic E-state index is 12.4. The zero-order valence-electron chi connectivity index (χ0n) is 16.5. The first-order chi connectivity index (χ1) is 13.4. The number of primary amides is 1. The molecule has 2 atom stereocenters. The van der Waals surface area contributed by atoms with Gasteiger partial charge in [-0.25, -0.2) is 0 Å². The van der Waals surface area contributed by atoms with Crippen molar-refractivity contribution in [3.05, 3.63) is 29.8 Å². The molecule has 2 unspecified atom stereocenters. The minimum atomic E-state index is -0.303. The molecule has 0 radical (unpaired) electrons. The number of anilines is 1. The number of hydrogen-bond acceptors (Lipinski definition) is 4. The molecule has 152 valence electrons. The summed E-state index contributed by atoms with van der Waals surface area (Å²) in [5.74, 6) is -0.642. The lowest BCUT2D eigenvalue weighted by atomic mass is 9.97. The van der Waals surface area contributed by atoms with E-state index >= 15 is 0 Å². The molecule has 2 aliphatic rings. The number of nitrogens with one attached hydrogen (secondary N) is 1. The van der Waals surface area contributed by atoms with Gasteiger partial charge < -0.3 is 20.9 Å². The van der Waals surface area contributed by atoms with Gasteiger partial charge in [0.25, 0.3) is 0 Å². The molecule has 1 aromatic rings. The van der Waals surface area contributed by atoms with Crippen LogP contribution in [0, 0.1) is 18.8 Å². The fourth-order valence-electron chi connectivity index (χ4n) is 4.01. The van der Waals surface area contributed by atoms with Crippen molar-refractivity contribution in [3.63, 3.8) is 0 Å². The smallest absolute Gasteiger partial charge is 0.227 e. The number of benzene rings is 1. The van der Waals surface area contributed by atoms with E-state index in [0.717, 1.165) is 43.6 Å². The molecule has 3 rings (SSSR count). The molecular formula is C21H30N4O3. The Hall–Kier alpha value is -2.41. The van der Waals surface area contributed by atoms with Crippen LogP contribution in [0.25, 0.3) is 0 Å². The van der Waals surface area contributed by atoms with E-state index in [1.807, 2.05) is 31.2 Å². The molecule has 0 bridgehead atoms. The zero-order chi connectivity index (χ0) is 20.1. The van der Waals surface area contributed by atoms with Gasteiger partial charge >= 0.3 is 0 Å². The van der Waals surface area contributed by atoms with Crippen LogP contribution in [0.2, 0.25) is 0 Å². The van der Waals surface area contributed by atoms with Crippen molar-refractivity contribution >= 4 is 23.4 Å². The van der Waals surface area contributed by atoms with E-state index in [1.165, 1.54) is 0 Å². The number of rotatable bonds is 7. The van der Waals surface area contributed by atoms with Crippen molar-refractivity contribution in [3.8, 4) is 0 Å². The number of hydrogen-bond donors (Lipinski definition) is 2. The van der Waals surface area contributed by atoms with Gasteiger partial charge in [0.1, 0.15) is 0 Å². The molecule has 1 aromatic carbocycles. The van der Waals surface area contributed by atoms with Crippen LogP contribution in [-0.2, 0) is 14.4 Å². The molecule has 2 fully saturated rings. The Morgan fingerprint density at radius 2 is 1.93 bits per heavy atom. The number of nitrogens with zero attached hydrogens (tertiary/aromatic N) is 2. The number of carbonyl (C=O) groups excluding carboxylic acids is 3. The topological polar surface area (TPSA) is 95.7 Å². The monoisotopic (exact) mass is 386 g/mol. The van der Waals surface area contributed by atoms with Crippen molar-refractivity contribution in [2.75, 3.05) is 37.6 Å². The summed E-state index contributed by atoms with van der Waals surface area (Å²) in [6.07, 6.45) is 2.93. The highest BCUT2D eigenvalue weighted by atomic mass is 16.2. The zero-order valence-corrected chi connectivity index (χ0v) is 16.5. The van der Waals surface area contributed by atoms with Gasteiger partial charge in [-0.3, -0.25) is 14.4 Å². The Kier molecular flexibility index (Phi) is 6.67. The molecular weight excluding hydrogens is 356 g/mol. The fraction of sp³-hybridized carbons (Fsp3) is 0.571. The van der Waals surface area contributed by atoms with Gasteiger partial charge in [0, 0.05) is 31.7 Å². The maximum Gasteiger partial charge on any atom is 0.227 e. The molecule has 0 spiro atoms. The van der Waals surface area contributed by atoms with Crippen LogP contribution >= 0.6 is 0 Å². The molecule has 0 saturated carbocycles. The quantitative estimate of drug-likeness (QED) is 0.685. The van der Waals surface area contributed by atoms with Crippen LogP contribution in [0.15, 0.2) is 24.3 Å². The van der Waals surface area contributed by atoms with Crippen molar-refractivity contribution in [1.82, 2.24) is 10.2 Å². The standard InChI is InChI=1S/C21H30N4O3/c1-15-5-7-18(8-6-15)25-14-17(12-19(25)26)21(28)23-9-3-11-24-10-2-4-16(13-24)20(22)27/h5-8,16-17H,2-4,9-14H2,1H3,(H2,22,27)(H,23,28). The van der Waals surface area contributed by atoms with Crippen LogP contribution in [-0.4, -0.2) is 55.3 Å². The Balaban J connectivity index is 1.40. The highest BCUT2D eigenvalue weighted by molar-refractivity contribution is 6.00. The predicted molar refractivity (Wildman–Crippen MR) is 108 cm³/mol. The Bertz CT molecular complexity index is 719. The van der Waals surface area contributed by atoms with Crippen molar-refractivity contribution < 1.29 is 14.4 Å². The van der Waals surface area contributed by atoms with Gasteiger partial charge in [0.15, 0.2) is 0 Å². The summed E-state index contributed by atoms with van der Waals surface area (Å²) < 4.78 is 0. The van der Waals surface area contributed by atoms with Gasteiger partial charge in [-0.1, -0.05) is 17.7 Å². The second-order valence-corrected chi connectivity index (χ2v) is 7.93. The molecule has 2 saturated heterocycles. The number of nitrogens with two attached hydrogens (primary N) is 1. The van der Waals surface area contributed by atoms with Crippen LogP contribution < -0.4 is 16.0 Å². The summed E-state index contributed by atoms with van der Waals surface area (Å²) in [4.78, 5) is 40.0. The van der Waals surface area contributed by atoms with E-state index < -0.39 is 0 Å². The second kappa shape index (κ2) is 9.19. The number of likely N-dealkylation sites (tertiary alicyclic amines) is 1. The average Bonchev–Trinajstić information content (AvgIpc) is 3.08. The van der Waals surface area contributed by atoms with Crippen LogP contribution in [0.1, 0.15) is 31.2 Å². The number of piperidine rings is 1. The molecule has 2 heterocycles. The lowest BCUT2D eigenvalue weighted by Gasteiger charge is -2.31. The second-order valence-electron chi connectivity index (χ2n) is 7.93. The highest BCUT2D eigenvalue weighted by Crippen LogP contribution is 2.25. The van der Waals surface area contributed by atoms with E-state index in [1.54, 1.807) is 4.90 Å². The molecule has 7 nitrogen and oxygen atoms in total. The van der Waals surface area contributed by atoms with E-state index in [4.69, 9.17) is 5.73 Å². The Morgan fingerprint density at radius 1 is 1.18 bits per heavy atom. The lowest BCUT2D eigenvalue weighted by Crippen LogP contribution is -2.42. The molecule has 0 aromatic heterocycles. The maximum atomic E-state index is 12.4. The Labute approximate surface area is 166 Å². The predicted octanol–water partition coefficient (Wildman–Crippen LogP) is 1.05. The van der Waals surface area contributed by atoms with Gasteiger partial charge in [-0.15, -0.1) is 0 Å². The minimum absolute atomic E-state index is 0.00480. The van der Waals surface area contributed by atoms with Crippen LogP contribution in [0.5, 0.6) is 0 Å². The fourth-order valence-corrected chi connectivity index (χ4v) is 4.01. The van der Waals surface area contributed by atoms with Gasteiger partial charge in [-0.05, 0) is 51.4 Å². The first-order valence-corrected chi connectivity index (χ1v) is 10.1. The largest absolute Gasteiger partial charge is 0.369 e. The first kappa shape index (κ1) is 20.3. The third-order valence-electron chi connectivity index (χ3n) is 5.70. The van der Waals surface area contributed by atoms with E-state index in [0.29, 0.717) is 19.6 Å². The van der Waals surface area contributed by atoms with Crippen molar-refractivity contribution in [1.29, 1.82) is 0 Å². The number of aryl methyl sites for hydroxylation is 1. The van der Waals surface area contributed by atoms with Crippen LogP contribution in [0.4, 0.5) is 5.69 Å². The highest BCUT2D eigenvalue weighted by Gasteiger charge is 2.35. The summed E-state index contributed by atoms with van der Waals surface area (Å²) in [7, 11) is 0. The van der Waals surface area contributed by atoms with Gasteiger partial charge in [0.2, 0.25) is 17.7 Å². The van der Waals surface area contributed by atoms with Crippen LogP contribution in [0.3, 0.4) is 0 Å². The number of carbonyl (C=O) groups is 3. The summed E-state index contributed by atoms with van der Waals surface area (Å²) in [5.41, 5.74) is 7.40. The van der Waals surface area contributed by atoms with E-state index in [-0.39, 0.29) is 36.0 Å². The van der Waals surface area contributed by atoms with Gasteiger partial charge in [0.05, 0.1) is 11.8 Å². The van der Waals surface area contributed by atoms with E-state index in [2.05, 4.69) is 10.2 Å². The van der Waals surface area contributed by atoms with Crippen molar-refractivity contribution in [2.45, 2.75) is 32.6 Å². The first-order valence-electron chi connectivity index (χ1n) is 10.1. The van der Waals surface area contributed by atoms with Crippen molar-refractivity contribution in [2.24, 2.45) is 17.6 Å². The van der Waals surface area contributed by atoms with Gasteiger partial charge in [-0.2, -0.15) is 0 Å². The summed E-state index contributed by atoms with van der Waals surface area (Å²) >= 11 is 0. The lowest BCUT2D eigenvalue weighted by molar-refractivity contribution is -0.126. The molecule has 3 amide bonds. The molecule has 2 aliphatic heterocycles. The summed E-state index contributed by atoms with van der Waals surface area (Å²) in [5, 5.41) is 2.96. The Morgan fingerprint density at radius 3 is 2.64 bits per heavy atom. The number of amides is 3. The molecule has 0 aliphatic carbocycles. The normalized spacial score (nSPS) is 23.0. The summed E-state index contributed by atoms with van der Waals surface area (Å²) in [6, 6.07) is 7.79. The minimum Gasteiger partial charge on any atom is -0.369 e. The molecule has 7 heteroatoms. The summed E-state index contributed by atoms with van der Waals surface area (Å²) in [6.45, 7) is 5.53. The third-order valence-corrected chi connectivity index (χ3v) is 5.70. The molecule has 28 heavy (non-hydrogen) atoms.